The summed E-state index contributed by atoms with van der Waals surface area (Å²) >= 11 is 0. The summed E-state index contributed by atoms with van der Waals surface area (Å²) in [6.07, 6.45) is 7.88. The number of amides is 1. The van der Waals surface area contributed by atoms with Gasteiger partial charge in [0.1, 0.15) is 0 Å². The number of carbonyl (C=O) groups excluding carboxylic acids is 1. The Morgan fingerprint density at radius 3 is 2.78 bits per heavy atom. The third-order valence-electron chi connectivity index (χ3n) is 4.26. The van der Waals surface area contributed by atoms with Crippen LogP contribution in [0.2, 0.25) is 0 Å². The second-order valence-corrected chi connectivity index (χ2v) is 5.86. The number of para-hydroxylation sites is 1. The van der Waals surface area contributed by atoms with Gasteiger partial charge in [-0.1, -0.05) is 25.0 Å². The predicted molar refractivity (Wildman–Crippen MR) is 90.0 cm³/mol. The highest BCUT2D eigenvalue weighted by molar-refractivity contribution is 5.92. The number of nitro benzene ring substituents is 1. The first-order valence-electron chi connectivity index (χ1n) is 7.97. The van der Waals surface area contributed by atoms with Gasteiger partial charge in [0.15, 0.2) is 0 Å². The molecule has 0 unspecified atom stereocenters. The maximum atomic E-state index is 11.8. The zero-order chi connectivity index (χ0) is 16.7. The van der Waals surface area contributed by atoms with E-state index in [1.165, 1.54) is 43.9 Å². The van der Waals surface area contributed by atoms with Crippen LogP contribution in [0.15, 0.2) is 30.3 Å². The number of rotatable bonds is 7. The van der Waals surface area contributed by atoms with Gasteiger partial charge in [-0.2, -0.15) is 0 Å². The molecule has 2 rings (SSSR count). The molecule has 124 valence electrons. The highest BCUT2D eigenvalue weighted by atomic mass is 16.6. The first-order valence-corrected chi connectivity index (χ1v) is 7.97. The van der Waals surface area contributed by atoms with Crippen molar-refractivity contribution in [2.45, 2.75) is 31.7 Å². The van der Waals surface area contributed by atoms with Gasteiger partial charge in [0.2, 0.25) is 5.91 Å². The predicted octanol–water partition coefficient (Wildman–Crippen LogP) is 2.60. The van der Waals surface area contributed by atoms with Crippen molar-refractivity contribution < 1.29 is 9.72 Å². The normalized spacial score (nSPS) is 15.4. The van der Waals surface area contributed by atoms with E-state index in [1.807, 2.05) is 0 Å². The van der Waals surface area contributed by atoms with E-state index in [1.54, 1.807) is 18.2 Å². The van der Waals surface area contributed by atoms with E-state index >= 15 is 0 Å². The van der Waals surface area contributed by atoms with Crippen molar-refractivity contribution in [3.63, 3.8) is 0 Å². The van der Waals surface area contributed by atoms with Crippen LogP contribution in [0.4, 0.5) is 5.69 Å². The fourth-order valence-corrected chi connectivity index (χ4v) is 2.90. The van der Waals surface area contributed by atoms with Crippen LogP contribution in [0, 0.1) is 10.1 Å². The molecule has 0 bridgehead atoms. The number of carbonyl (C=O) groups is 1. The molecule has 1 aromatic carbocycles. The highest BCUT2D eigenvalue weighted by Crippen LogP contribution is 2.22. The summed E-state index contributed by atoms with van der Waals surface area (Å²) in [5, 5.41) is 13.7. The third kappa shape index (κ3) is 5.17. The standard InChI is InChI=1S/C17H23N3O3/c1-19(15-7-3-4-8-15)13-12-18-17(21)11-10-14-6-2-5-9-16(14)20(22)23/h2,5-6,9-11,15H,3-4,7-8,12-13H2,1H3,(H,18,21). The van der Waals surface area contributed by atoms with Gasteiger partial charge in [-0.3, -0.25) is 14.9 Å². The summed E-state index contributed by atoms with van der Waals surface area (Å²) in [5.74, 6) is -0.233. The molecule has 23 heavy (non-hydrogen) atoms. The van der Waals surface area contributed by atoms with Gasteiger partial charge in [0.25, 0.3) is 5.69 Å². The lowest BCUT2D eigenvalue weighted by Crippen LogP contribution is -2.36. The Labute approximate surface area is 136 Å². The first kappa shape index (κ1) is 17.1. The SMILES string of the molecule is CN(CCNC(=O)C=Cc1ccccc1[N+](=O)[O-])C1CCCC1. The Morgan fingerprint density at radius 2 is 2.09 bits per heavy atom. The Hall–Kier alpha value is -2.21. The summed E-state index contributed by atoms with van der Waals surface area (Å²) in [4.78, 5) is 24.6. The topological polar surface area (TPSA) is 75.5 Å². The number of likely N-dealkylation sites (N-methyl/N-ethyl adjacent to an activating group) is 1. The molecule has 6 nitrogen and oxygen atoms in total. The summed E-state index contributed by atoms with van der Waals surface area (Å²) in [6.45, 7) is 1.39. The van der Waals surface area contributed by atoms with Crippen molar-refractivity contribution in [2.24, 2.45) is 0 Å². The van der Waals surface area contributed by atoms with Gasteiger partial charge in [0.05, 0.1) is 10.5 Å². The van der Waals surface area contributed by atoms with Crippen LogP contribution in [0.1, 0.15) is 31.2 Å². The van der Waals surface area contributed by atoms with Crippen molar-refractivity contribution in [1.29, 1.82) is 0 Å². The van der Waals surface area contributed by atoms with Crippen LogP contribution in [-0.2, 0) is 4.79 Å². The van der Waals surface area contributed by atoms with Gasteiger partial charge >= 0.3 is 0 Å². The summed E-state index contributed by atoms with van der Waals surface area (Å²) < 4.78 is 0. The van der Waals surface area contributed by atoms with Gasteiger partial charge in [-0.15, -0.1) is 0 Å². The molecule has 0 aliphatic heterocycles. The fourth-order valence-electron chi connectivity index (χ4n) is 2.90. The monoisotopic (exact) mass is 317 g/mol. The van der Waals surface area contributed by atoms with Crippen molar-refractivity contribution >= 4 is 17.7 Å². The van der Waals surface area contributed by atoms with E-state index in [9.17, 15) is 14.9 Å². The van der Waals surface area contributed by atoms with Crippen LogP contribution in [0.3, 0.4) is 0 Å². The number of benzene rings is 1. The van der Waals surface area contributed by atoms with Gasteiger partial charge in [-0.25, -0.2) is 0 Å². The first-order chi connectivity index (χ1) is 11.1. The lowest BCUT2D eigenvalue weighted by molar-refractivity contribution is -0.385. The lowest BCUT2D eigenvalue weighted by atomic mass is 10.1. The number of nitrogens with one attached hydrogen (secondary N) is 1. The van der Waals surface area contributed by atoms with Crippen molar-refractivity contribution in [3.8, 4) is 0 Å². The van der Waals surface area contributed by atoms with Crippen LogP contribution < -0.4 is 5.32 Å². The Bertz CT molecular complexity index is 580. The third-order valence-corrected chi connectivity index (χ3v) is 4.26. The van der Waals surface area contributed by atoms with Crippen molar-refractivity contribution in [1.82, 2.24) is 10.2 Å². The fraction of sp³-hybridized carbons (Fsp3) is 0.471. The van der Waals surface area contributed by atoms with Crippen LogP contribution >= 0.6 is 0 Å². The molecule has 1 aromatic rings. The second kappa shape index (κ2) is 8.43. The van der Waals surface area contributed by atoms with Crippen LogP contribution in [0.5, 0.6) is 0 Å². The maximum Gasteiger partial charge on any atom is 0.276 e. The Kier molecular flexibility index (Phi) is 6.29. The van der Waals surface area contributed by atoms with Crippen LogP contribution in [0.25, 0.3) is 6.08 Å². The summed E-state index contributed by atoms with van der Waals surface area (Å²) in [5.41, 5.74) is 0.424. The van der Waals surface area contributed by atoms with E-state index in [-0.39, 0.29) is 11.6 Å². The quantitative estimate of drug-likeness (QED) is 0.476. The molecule has 1 aliphatic carbocycles. The van der Waals surface area contributed by atoms with Gasteiger partial charge < -0.3 is 10.2 Å². The summed E-state index contributed by atoms with van der Waals surface area (Å²) in [7, 11) is 2.09. The number of hydrogen-bond acceptors (Lipinski definition) is 4. The highest BCUT2D eigenvalue weighted by Gasteiger charge is 2.18. The molecule has 0 atom stereocenters. The molecule has 0 aromatic heterocycles. The molecule has 0 spiro atoms. The maximum absolute atomic E-state index is 11.8. The second-order valence-electron chi connectivity index (χ2n) is 5.86. The number of nitrogens with zero attached hydrogens (tertiary/aromatic N) is 2. The minimum absolute atomic E-state index is 0.00230. The largest absolute Gasteiger partial charge is 0.351 e. The number of nitro groups is 1. The van der Waals surface area contributed by atoms with Crippen molar-refractivity contribution in [3.05, 3.63) is 46.0 Å². The van der Waals surface area contributed by atoms with E-state index < -0.39 is 4.92 Å². The van der Waals surface area contributed by atoms with E-state index in [2.05, 4.69) is 17.3 Å². The minimum atomic E-state index is -0.450. The van der Waals surface area contributed by atoms with Crippen LogP contribution in [-0.4, -0.2) is 41.9 Å². The molecule has 1 amide bonds. The minimum Gasteiger partial charge on any atom is -0.351 e. The van der Waals surface area contributed by atoms with E-state index in [4.69, 9.17) is 0 Å². The summed E-state index contributed by atoms with van der Waals surface area (Å²) in [6, 6.07) is 6.99. The zero-order valence-electron chi connectivity index (χ0n) is 13.4. The molecule has 0 heterocycles. The molecule has 1 saturated carbocycles. The molecule has 1 N–H and O–H groups in total. The molecule has 6 heteroatoms. The van der Waals surface area contributed by atoms with Gasteiger partial charge in [-0.05, 0) is 32.0 Å². The van der Waals surface area contributed by atoms with Gasteiger partial charge in [0, 0.05) is 31.3 Å². The molecular formula is C17H23N3O3. The molecule has 0 radical (unpaired) electrons. The smallest absolute Gasteiger partial charge is 0.276 e. The molecule has 0 saturated heterocycles. The van der Waals surface area contributed by atoms with Crippen molar-refractivity contribution in [2.75, 3.05) is 20.1 Å². The molecular weight excluding hydrogens is 294 g/mol. The average Bonchev–Trinajstić information content (AvgIpc) is 3.07. The Balaban J connectivity index is 1.79. The average molecular weight is 317 g/mol. The number of hydrogen-bond donors (Lipinski definition) is 1. The lowest BCUT2D eigenvalue weighted by Gasteiger charge is -2.23. The molecule has 1 fully saturated rings. The zero-order valence-corrected chi connectivity index (χ0v) is 13.4. The Morgan fingerprint density at radius 1 is 1.39 bits per heavy atom. The van der Waals surface area contributed by atoms with E-state index in [0.717, 1.165) is 6.54 Å². The van der Waals surface area contributed by atoms with E-state index in [0.29, 0.717) is 18.2 Å². The molecule has 1 aliphatic rings.